The first-order valence-corrected chi connectivity index (χ1v) is 6.35. The van der Waals surface area contributed by atoms with Gasteiger partial charge in [-0.15, -0.1) is 0 Å². The average molecular weight is 240 g/mol. The Bertz CT molecular complexity index is 287. The highest BCUT2D eigenvalue weighted by Crippen LogP contribution is 2.08. The molecule has 5 nitrogen and oxygen atoms in total. The van der Waals surface area contributed by atoms with E-state index >= 15 is 0 Å². The van der Waals surface area contributed by atoms with Gasteiger partial charge in [0.2, 0.25) is 5.91 Å². The second-order valence-electron chi connectivity index (χ2n) is 4.66. The van der Waals surface area contributed by atoms with Crippen LogP contribution in [0.25, 0.3) is 0 Å². The number of Topliss-reactive ketones (excluding diaryl/α,β-unsaturated/α-hetero) is 1. The molecule has 2 fully saturated rings. The van der Waals surface area contributed by atoms with Gasteiger partial charge in [-0.25, -0.2) is 0 Å². The van der Waals surface area contributed by atoms with Crippen molar-refractivity contribution in [2.45, 2.75) is 19.3 Å². The van der Waals surface area contributed by atoms with Crippen molar-refractivity contribution >= 4 is 11.7 Å². The van der Waals surface area contributed by atoms with Crippen molar-refractivity contribution < 1.29 is 14.3 Å². The lowest BCUT2D eigenvalue weighted by atomic mass is 10.1. The number of amides is 1. The summed E-state index contributed by atoms with van der Waals surface area (Å²) >= 11 is 0. The fraction of sp³-hybridized carbons (Fsp3) is 0.833. The third-order valence-electron chi connectivity index (χ3n) is 3.35. The average Bonchev–Trinajstić information content (AvgIpc) is 2.37. The summed E-state index contributed by atoms with van der Waals surface area (Å²) in [7, 11) is 0. The largest absolute Gasteiger partial charge is 0.379 e. The molecule has 0 N–H and O–H groups in total. The van der Waals surface area contributed by atoms with E-state index in [0.29, 0.717) is 19.4 Å². The number of morpholine rings is 1. The van der Waals surface area contributed by atoms with Gasteiger partial charge in [0.1, 0.15) is 0 Å². The summed E-state index contributed by atoms with van der Waals surface area (Å²) in [6.45, 7) is 5.19. The molecule has 0 aromatic rings. The Morgan fingerprint density at radius 1 is 1.24 bits per heavy atom. The van der Waals surface area contributed by atoms with Gasteiger partial charge in [-0.2, -0.15) is 0 Å². The number of hydrogen-bond donors (Lipinski definition) is 0. The molecule has 0 aromatic heterocycles. The first-order chi connectivity index (χ1) is 8.25. The molecule has 2 saturated heterocycles. The molecule has 0 aliphatic carbocycles. The van der Waals surface area contributed by atoms with Crippen LogP contribution in [0.15, 0.2) is 0 Å². The number of nitrogens with zero attached hydrogens (tertiary/aromatic N) is 2. The Balaban J connectivity index is 1.70. The van der Waals surface area contributed by atoms with Crippen molar-refractivity contribution in [1.82, 2.24) is 9.80 Å². The Kier molecular flexibility index (Phi) is 4.50. The van der Waals surface area contributed by atoms with E-state index in [4.69, 9.17) is 4.74 Å². The van der Waals surface area contributed by atoms with Crippen LogP contribution in [-0.4, -0.2) is 67.4 Å². The third-order valence-corrected chi connectivity index (χ3v) is 3.35. The van der Waals surface area contributed by atoms with Crippen molar-refractivity contribution in [2.75, 3.05) is 45.9 Å². The summed E-state index contributed by atoms with van der Waals surface area (Å²) < 4.78 is 5.26. The molecule has 0 unspecified atom stereocenters. The molecule has 0 radical (unpaired) electrons. The normalized spacial score (nSPS) is 22.8. The van der Waals surface area contributed by atoms with Crippen LogP contribution in [0.4, 0.5) is 0 Å². The smallest absolute Gasteiger partial charge is 0.224 e. The van der Waals surface area contributed by atoms with Gasteiger partial charge in [-0.05, 0) is 6.42 Å². The van der Waals surface area contributed by atoms with Gasteiger partial charge in [0.25, 0.3) is 0 Å². The van der Waals surface area contributed by atoms with Crippen LogP contribution in [0.5, 0.6) is 0 Å². The highest BCUT2D eigenvalue weighted by atomic mass is 16.5. The molecule has 2 aliphatic heterocycles. The van der Waals surface area contributed by atoms with Crippen LogP contribution in [0.3, 0.4) is 0 Å². The molecule has 0 aromatic carbocycles. The Morgan fingerprint density at radius 3 is 2.71 bits per heavy atom. The number of carbonyl (C=O) groups is 2. The predicted molar refractivity (Wildman–Crippen MR) is 62.7 cm³/mol. The number of carbonyl (C=O) groups excluding carboxylic acids is 2. The van der Waals surface area contributed by atoms with Gasteiger partial charge in [0, 0.05) is 39.0 Å². The van der Waals surface area contributed by atoms with Crippen LogP contribution in [0.2, 0.25) is 0 Å². The van der Waals surface area contributed by atoms with Gasteiger partial charge in [-0.3, -0.25) is 14.5 Å². The lowest BCUT2D eigenvalue weighted by Crippen LogP contribution is -2.43. The second-order valence-corrected chi connectivity index (χ2v) is 4.66. The molecule has 96 valence electrons. The van der Waals surface area contributed by atoms with E-state index < -0.39 is 0 Å². The summed E-state index contributed by atoms with van der Waals surface area (Å²) in [4.78, 5) is 27.1. The van der Waals surface area contributed by atoms with Crippen LogP contribution in [0.1, 0.15) is 19.3 Å². The van der Waals surface area contributed by atoms with E-state index in [0.717, 1.165) is 45.8 Å². The number of rotatable bonds is 3. The van der Waals surface area contributed by atoms with Crippen molar-refractivity contribution in [3.05, 3.63) is 0 Å². The zero-order chi connectivity index (χ0) is 12.1. The van der Waals surface area contributed by atoms with Gasteiger partial charge >= 0.3 is 0 Å². The summed E-state index contributed by atoms with van der Waals surface area (Å²) in [6, 6.07) is 0. The van der Waals surface area contributed by atoms with E-state index in [1.165, 1.54) is 0 Å². The molecule has 5 heteroatoms. The molecule has 0 atom stereocenters. The van der Waals surface area contributed by atoms with E-state index in [2.05, 4.69) is 4.90 Å². The summed E-state index contributed by atoms with van der Waals surface area (Å²) in [5.74, 6) is 0.306. The predicted octanol–water partition coefficient (Wildman–Crippen LogP) is -0.0998. The standard InChI is InChI=1S/C12H20N2O3/c15-11-2-1-4-14(10-11)12(16)3-5-13-6-8-17-9-7-13/h1-10H2. The maximum Gasteiger partial charge on any atom is 0.224 e. The van der Waals surface area contributed by atoms with Gasteiger partial charge < -0.3 is 9.64 Å². The van der Waals surface area contributed by atoms with Gasteiger partial charge in [0.05, 0.1) is 19.8 Å². The maximum absolute atomic E-state index is 11.9. The number of ether oxygens (including phenoxy) is 1. The van der Waals surface area contributed by atoms with Crippen molar-refractivity contribution in [3.8, 4) is 0 Å². The third kappa shape index (κ3) is 3.78. The molecule has 2 heterocycles. The highest BCUT2D eigenvalue weighted by molar-refractivity contribution is 5.87. The Hall–Kier alpha value is -0.940. The van der Waals surface area contributed by atoms with E-state index in [1.807, 2.05) is 0 Å². The Labute approximate surface area is 102 Å². The summed E-state index contributed by atoms with van der Waals surface area (Å²) in [6.07, 6.45) is 1.97. The minimum absolute atomic E-state index is 0.115. The highest BCUT2D eigenvalue weighted by Gasteiger charge is 2.21. The monoisotopic (exact) mass is 240 g/mol. The molecular weight excluding hydrogens is 220 g/mol. The molecule has 0 saturated carbocycles. The molecule has 0 bridgehead atoms. The van der Waals surface area contributed by atoms with Crippen molar-refractivity contribution in [1.29, 1.82) is 0 Å². The minimum atomic E-state index is 0.115. The number of piperidine rings is 1. The van der Waals surface area contributed by atoms with Crippen LogP contribution < -0.4 is 0 Å². The first kappa shape index (κ1) is 12.5. The summed E-state index contributed by atoms with van der Waals surface area (Å²) in [5, 5.41) is 0. The second kappa shape index (κ2) is 6.12. The van der Waals surface area contributed by atoms with E-state index in [9.17, 15) is 9.59 Å². The number of likely N-dealkylation sites (tertiary alicyclic amines) is 1. The van der Waals surface area contributed by atoms with Crippen LogP contribution >= 0.6 is 0 Å². The number of ketones is 1. The molecule has 2 rings (SSSR count). The lowest BCUT2D eigenvalue weighted by Gasteiger charge is -2.29. The zero-order valence-electron chi connectivity index (χ0n) is 10.2. The van der Waals surface area contributed by atoms with Crippen LogP contribution in [0, 0.1) is 0 Å². The van der Waals surface area contributed by atoms with Crippen molar-refractivity contribution in [2.24, 2.45) is 0 Å². The Morgan fingerprint density at radius 2 is 2.00 bits per heavy atom. The topological polar surface area (TPSA) is 49.9 Å². The maximum atomic E-state index is 11.9. The molecular formula is C12H20N2O3. The fourth-order valence-corrected chi connectivity index (χ4v) is 2.29. The minimum Gasteiger partial charge on any atom is -0.379 e. The van der Waals surface area contributed by atoms with Crippen molar-refractivity contribution in [3.63, 3.8) is 0 Å². The molecule has 2 aliphatic rings. The quantitative estimate of drug-likeness (QED) is 0.691. The van der Waals surface area contributed by atoms with Gasteiger partial charge in [0.15, 0.2) is 5.78 Å². The SMILES string of the molecule is O=C1CCCN(C(=O)CCN2CCOCC2)C1. The van der Waals surface area contributed by atoms with Crippen LogP contribution in [-0.2, 0) is 14.3 Å². The zero-order valence-corrected chi connectivity index (χ0v) is 10.2. The molecule has 1 amide bonds. The first-order valence-electron chi connectivity index (χ1n) is 6.35. The number of hydrogen-bond acceptors (Lipinski definition) is 4. The summed E-state index contributed by atoms with van der Waals surface area (Å²) in [5.41, 5.74) is 0. The lowest BCUT2D eigenvalue weighted by molar-refractivity contribution is -0.138. The fourth-order valence-electron chi connectivity index (χ4n) is 2.29. The van der Waals surface area contributed by atoms with Gasteiger partial charge in [-0.1, -0.05) is 0 Å². The molecule has 0 spiro atoms. The molecule has 17 heavy (non-hydrogen) atoms. The van der Waals surface area contributed by atoms with E-state index in [-0.39, 0.29) is 11.7 Å². The van der Waals surface area contributed by atoms with E-state index in [1.54, 1.807) is 4.90 Å².